The van der Waals surface area contributed by atoms with Gasteiger partial charge in [0.15, 0.2) is 0 Å². The molecule has 3 N–H and O–H groups in total. The van der Waals surface area contributed by atoms with Gasteiger partial charge >= 0.3 is 0 Å². The highest BCUT2D eigenvalue weighted by Gasteiger charge is 2.23. The van der Waals surface area contributed by atoms with E-state index in [2.05, 4.69) is 34.0 Å². The number of piperidine rings is 1. The first-order chi connectivity index (χ1) is 8.08. The molecular weight excluding hydrogens is 214 g/mol. The van der Waals surface area contributed by atoms with Gasteiger partial charge in [-0.3, -0.25) is 0 Å². The molecule has 2 atom stereocenters. The fourth-order valence-corrected chi connectivity index (χ4v) is 2.59. The summed E-state index contributed by atoms with van der Waals surface area (Å²) in [7, 11) is 1.84. The predicted octanol–water partition coefficient (Wildman–Crippen LogP) is 1.58. The second-order valence-corrected chi connectivity index (χ2v) is 5.07. The number of anilines is 3. The van der Waals surface area contributed by atoms with Gasteiger partial charge in [-0.25, -0.2) is 0 Å². The van der Waals surface area contributed by atoms with E-state index in [1.54, 1.807) is 0 Å². The standard InChI is InChI=1S/C12H21N5/c1-8-4-9(2)7-17(6-8)11-5-10(14-3)15-12(13)16-11/h5,8-9H,4,6-7H2,1-3H3,(H3,13,14,15,16). The Labute approximate surface area is 102 Å². The van der Waals surface area contributed by atoms with Crippen molar-refractivity contribution in [3.05, 3.63) is 6.07 Å². The van der Waals surface area contributed by atoms with Crippen LogP contribution in [-0.2, 0) is 0 Å². The van der Waals surface area contributed by atoms with Gasteiger partial charge in [-0.2, -0.15) is 9.97 Å². The summed E-state index contributed by atoms with van der Waals surface area (Å²) in [5, 5.41) is 3.01. The van der Waals surface area contributed by atoms with Crippen LogP contribution in [0.25, 0.3) is 0 Å². The zero-order valence-corrected chi connectivity index (χ0v) is 10.8. The first kappa shape index (κ1) is 12.0. The van der Waals surface area contributed by atoms with Crippen molar-refractivity contribution in [1.82, 2.24) is 9.97 Å². The Morgan fingerprint density at radius 3 is 2.53 bits per heavy atom. The molecule has 0 bridgehead atoms. The third-order valence-electron chi connectivity index (χ3n) is 3.18. The summed E-state index contributed by atoms with van der Waals surface area (Å²) in [6.45, 7) is 6.66. The number of nitrogens with one attached hydrogen (secondary N) is 1. The van der Waals surface area contributed by atoms with E-state index >= 15 is 0 Å². The number of aromatic nitrogens is 2. The summed E-state index contributed by atoms with van der Waals surface area (Å²) in [6.07, 6.45) is 1.29. The molecule has 2 rings (SSSR count). The number of rotatable bonds is 2. The fraction of sp³-hybridized carbons (Fsp3) is 0.667. The van der Waals surface area contributed by atoms with Crippen molar-refractivity contribution in [1.29, 1.82) is 0 Å². The average Bonchev–Trinajstić information content (AvgIpc) is 2.26. The highest BCUT2D eigenvalue weighted by atomic mass is 15.2. The van der Waals surface area contributed by atoms with Crippen molar-refractivity contribution >= 4 is 17.6 Å². The Morgan fingerprint density at radius 1 is 1.29 bits per heavy atom. The molecule has 5 heteroatoms. The minimum absolute atomic E-state index is 0.331. The molecule has 0 spiro atoms. The van der Waals surface area contributed by atoms with Crippen LogP contribution in [0, 0.1) is 11.8 Å². The van der Waals surface area contributed by atoms with E-state index in [4.69, 9.17) is 5.73 Å². The normalized spacial score (nSPS) is 24.8. The predicted molar refractivity (Wildman–Crippen MR) is 71.1 cm³/mol. The van der Waals surface area contributed by atoms with Crippen LogP contribution < -0.4 is 16.0 Å². The molecule has 1 saturated heterocycles. The van der Waals surface area contributed by atoms with Gasteiger partial charge < -0.3 is 16.0 Å². The number of nitrogens with zero attached hydrogens (tertiary/aromatic N) is 3. The maximum absolute atomic E-state index is 5.72. The lowest BCUT2D eigenvalue weighted by Gasteiger charge is -2.35. The van der Waals surface area contributed by atoms with E-state index in [-0.39, 0.29) is 0 Å². The average molecular weight is 235 g/mol. The summed E-state index contributed by atoms with van der Waals surface area (Å²) in [4.78, 5) is 10.7. The smallest absolute Gasteiger partial charge is 0.223 e. The molecular formula is C12H21N5. The molecule has 0 amide bonds. The molecule has 2 heterocycles. The zero-order chi connectivity index (χ0) is 12.4. The lowest BCUT2D eigenvalue weighted by Crippen LogP contribution is -2.39. The van der Waals surface area contributed by atoms with Crippen molar-refractivity contribution in [2.24, 2.45) is 11.8 Å². The van der Waals surface area contributed by atoms with Crippen molar-refractivity contribution in [2.45, 2.75) is 20.3 Å². The molecule has 0 saturated carbocycles. The minimum atomic E-state index is 0.331. The van der Waals surface area contributed by atoms with Crippen molar-refractivity contribution in [3.8, 4) is 0 Å². The molecule has 1 aliphatic rings. The fourth-order valence-electron chi connectivity index (χ4n) is 2.59. The zero-order valence-electron chi connectivity index (χ0n) is 10.8. The summed E-state index contributed by atoms with van der Waals surface area (Å²) in [5.41, 5.74) is 5.72. The molecule has 17 heavy (non-hydrogen) atoms. The molecule has 0 aliphatic carbocycles. The summed E-state index contributed by atoms with van der Waals surface area (Å²) < 4.78 is 0. The largest absolute Gasteiger partial charge is 0.373 e. The highest BCUT2D eigenvalue weighted by Crippen LogP contribution is 2.26. The summed E-state index contributed by atoms with van der Waals surface area (Å²) in [6, 6.07) is 1.96. The van der Waals surface area contributed by atoms with E-state index < -0.39 is 0 Å². The Bertz CT molecular complexity index is 382. The number of hydrogen-bond acceptors (Lipinski definition) is 5. The molecule has 2 unspecified atom stereocenters. The molecule has 1 fully saturated rings. The van der Waals surface area contributed by atoms with Crippen LogP contribution in [0.4, 0.5) is 17.6 Å². The lowest BCUT2D eigenvalue weighted by atomic mass is 9.92. The minimum Gasteiger partial charge on any atom is -0.373 e. The third-order valence-corrected chi connectivity index (χ3v) is 3.18. The van der Waals surface area contributed by atoms with E-state index in [0.29, 0.717) is 17.8 Å². The molecule has 1 aromatic rings. The van der Waals surface area contributed by atoms with E-state index in [1.165, 1.54) is 6.42 Å². The van der Waals surface area contributed by atoms with Crippen LogP contribution in [0.5, 0.6) is 0 Å². The Kier molecular flexibility index (Phi) is 3.36. The second kappa shape index (κ2) is 4.77. The van der Waals surface area contributed by atoms with E-state index in [0.717, 1.165) is 24.7 Å². The van der Waals surface area contributed by atoms with Crippen LogP contribution in [0.15, 0.2) is 6.07 Å². The van der Waals surface area contributed by atoms with Crippen molar-refractivity contribution in [3.63, 3.8) is 0 Å². The van der Waals surface area contributed by atoms with Gasteiger partial charge in [-0.1, -0.05) is 13.8 Å². The third kappa shape index (κ3) is 2.78. The first-order valence-electron chi connectivity index (χ1n) is 6.15. The van der Waals surface area contributed by atoms with E-state index in [9.17, 15) is 0 Å². The molecule has 0 aromatic carbocycles. The van der Waals surface area contributed by atoms with Gasteiger partial charge in [0.05, 0.1) is 0 Å². The summed E-state index contributed by atoms with van der Waals surface area (Å²) >= 11 is 0. The monoisotopic (exact) mass is 235 g/mol. The van der Waals surface area contributed by atoms with Crippen LogP contribution in [0.3, 0.4) is 0 Å². The molecule has 5 nitrogen and oxygen atoms in total. The number of nitrogens with two attached hydrogens (primary N) is 1. The molecule has 1 aromatic heterocycles. The van der Waals surface area contributed by atoms with Crippen LogP contribution in [0.1, 0.15) is 20.3 Å². The van der Waals surface area contributed by atoms with Gasteiger partial charge in [-0.15, -0.1) is 0 Å². The molecule has 1 aliphatic heterocycles. The number of nitrogen functional groups attached to an aromatic ring is 1. The maximum Gasteiger partial charge on any atom is 0.223 e. The SMILES string of the molecule is CNc1cc(N2CC(C)CC(C)C2)nc(N)n1. The molecule has 0 radical (unpaired) electrons. The molecule has 94 valence electrons. The topological polar surface area (TPSA) is 67.1 Å². The quantitative estimate of drug-likeness (QED) is 0.814. The highest BCUT2D eigenvalue weighted by molar-refractivity contribution is 5.52. The maximum atomic E-state index is 5.72. The van der Waals surface area contributed by atoms with Gasteiger partial charge in [-0.05, 0) is 18.3 Å². The van der Waals surface area contributed by atoms with Crippen LogP contribution >= 0.6 is 0 Å². The van der Waals surface area contributed by atoms with E-state index in [1.807, 2.05) is 13.1 Å². The number of hydrogen-bond donors (Lipinski definition) is 2. The van der Waals surface area contributed by atoms with Crippen molar-refractivity contribution < 1.29 is 0 Å². The van der Waals surface area contributed by atoms with Gasteiger partial charge in [0.25, 0.3) is 0 Å². The van der Waals surface area contributed by atoms with Gasteiger partial charge in [0.1, 0.15) is 11.6 Å². The Morgan fingerprint density at radius 2 is 1.94 bits per heavy atom. The second-order valence-electron chi connectivity index (χ2n) is 5.07. The van der Waals surface area contributed by atoms with Crippen LogP contribution in [-0.4, -0.2) is 30.1 Å². The van der Waals surface area contributed by atoms with Gasteiger partial charge in [0.2, 0.25) is 5.95 Å². The first-order valence-corrected chi connectivity index (χ1v) is 6.15. The Balaban J connectivity index is 2.23. The lowest BCUT2D eigenvalue weighted by molar-refractivity contribution is 0.355. The summed E-state index contributed by atoms with van der Waals surface area (Å²) in [5.74, 6) is 3.44. The van der Waals surface area contributed by atoms with Gasteiger partial charge in [0, 0.05) is 26.2 Å². The van der Waals surface area contributed by atoms with Crippen molar-refractivity contribution in [2.75, 3.05) is 36.1 Å². The van der Waals surface area contributed by atoms with Crippen LogP contribution in [0.2, 0.25) is 0 Å². The Hall–Kier alpha value is -1.52.